The van der Waals surface area contributed by atoms with E-state index in [4.69, 9.17) is 0 Å². The molecule has 5 heteroatoms. The molecule has 1 aliphatic rings. The van der Waals surface area contributed by atoms with Crippen molar-refractivity contribution in [2.75, 3.05) is 0 Å². The van der Waals surface area contributed by atoms with Gasteiger partial charge in [0.1, 0.15) is 0 Å². The molecule has 2 N–H and O–H groups in total. The molecule has 1 fully saturated rings. The molecule has 0 spiro atoms. The van der Waals surface area contributed by atoms with Gasteiger partial charge in [0.05, 0.1) is 23.2 Å². The quantitative estimate of drug-likeness (QED) is 0.770. The summed E-state index contributed by atoms with van der Waals surface area (Å²) < 4.78 is 0. The zero-order valence-corrected chi connectivity index (χ0v) is 13.7. The minimum atomic E-state index is -0.260. The van der Waals surface area contributed by atoms with E-state index in [2.05, 4.69) is 15.3 Å². The van der Waals surface area contributed by atoms with Gasteiger partial charge < -0.3 is 10.4 Å². The normalized spacial score (nSPS) is 20.7. The Labute approximate surface area is 145 Å². The summed E-state index contributed by atoms with van der Waals surface area (Å²) in [6.07, 6.45) is 4.41. The van der Waals surface area contributed by atoms with E-state index < -0.39 is 0 Å². The summed E-state index contributed by atoms with van der Waals surface area (Å²) in [6.45, 7) is 0. The molecule has 0 aliphatic heterocycles. The highest BCUT2D eigenvalue weighted by atomic mass is 16.3. The van der Waals surface area contributed by atoms with Crippen LogP contribution in [0, 0.1) is 5.92 Å². The van der Waals surface area contributed by atoms with E-state index in [9.17, 15) is 9.90 Å². The van der Waals surface area contributed by atoms with Gasteiger partial charge in [-0.15, -0.1) is 0 Å². The summed E-state index contributed by atoms with van der Waals surface area (Å²) in [5, 5.41) is 12.8. The van der Waals surface area contributed by atoms with Crippen molar-refractivity contribution in [3.63, 3.8) is 0 Å². The molecule has 25 heavy (non-hydrogen) atoms. The smallest absolute Gasteiger partial charge is 0.251 e. The molecule has 0 bridgehead atoms. The molecule has 1 aliphatic carbocycles. The van der Waals surface area contributed by atoms with Crippen molar-refractivity contribution in [1.29, 1.82) is 0 Å². The van der Waals surface area contributed by atoms with E-state index in [-0.39, 0.29) is 24.0 Å². The van der Waals surface area contributed by atoms with Gasteiger partial charge >= 0.3 is 0 Å². The summed E-state index contributed by atoms with van der Waals surface area (Å²) in [7, 11) is 0. The molecule has 0 saturated heterocycles. The first-order valence-corrected chi connectivity index (χ1v) is 8.45. The molecule has 1 heterocycles. The lowest BCUT2D eigenvalue weighted by atomic mass is 9.75. The fraction of sp³-hybridized carbons (Fsp3) is 0.250. The Bertz CT molecular complexity index is 892. The van der Waals surface area contributed by atoms with Crippen LogP contribution in [0.5, 0.6) is 0 Å². The molecular weight excluding hydrogens is 314 g/mol. The number of nitrogens with zero attached hydrogens (tertiary/aromatic N) is 2. The number of carbonyl (C=O) groups excluding carboxylic acids is 1. The second kappa shape index (κ2) is 6.61. The highest BCUT2D eigenvalue weighted by Gasteiger charge is 2.35. The summed E-state index contributed by atoms with van der Waals surface area (Å²) >= 11 is 0. The Balaban J connectivity index is 1.59. The van der Waals surface area contributed by atoms with E-state index in [1.165, 1.54) is 0 Å². The Kier molecular flexibility index (Phi) is 4.15. The number of hydrogen-bond acceptors (Lipinski definition) is 4. The molecule has 1 saturated carbocycles. The van der Waals surface area contributed by atoms with Gasteiger partial charge in [-0.25, -0.2) is 0 Å². The van der Waals surface area contributed by atoms with Gasteiger partial charge in [-0.1, -0.05) is 30.3 Å². The largest absolute Gasteiger partial charge is 0.393 e. The third-order valence-electron chi connectivity index (χ3n) is 4.80. The second-order valence-corrected chi connectivity index (χ2v) is 6.51. The highest BCUT2D eigenvalue weighted by molar-refractivity contribution is 5.97. The molecule has 126 valence electrons. The Morgan fingerprint density at radius 3 is 2.48 bits per heavy atom. The monoisotopic (exact) mass is 333 g/mol. The Morgan fingerprint density at radius 1 is 1.04 bits per heavy atom. The van der Waals surface area contributed by atoms with E-state index >= 15 is 0 Å². The Morgan fingerprint density at radius 2 is 1.76 bits per heavy atom. The third-order valence-corrected chi connectivity index (χ3v) is 4.80. The van der Waals surface area contributed by atoms with E-state index in [0.717, 1.165) is 11.1 Å². The van der Waals surface area contributed by atoms with Crippen LogP contribution in [0.3, 0.4) is 0 Å². The van der Waals surface area contributed by atoms with Crippen molar-refractivity contribution in [2.45, 2.75) is 25.0 Å². The van der Waals surface area contributed by atoms with Crippen LogP contribution >= 0.6 is 0 Å². The van der Waals surface area contributed by atoms with Gasteiger partial charge in [-0.3, -0.25) is 14.8 Å². The topological polar surface area (TPSA) is 75.1 Å². The zero-order valence-electron chi connectivity index (χ0n) is 13.7. The number of aliphatic hydroxyl groups is 1. The number of nitrogens with one attached hydrogen (secondary N) is 1. The van der Waals surface area contributed by atoms with Crippen molar-refractivity contribution in [3.8, 4) is 0 Å². The summed E-state index contributed by atoms with van der Waals surface area (Å²) in [5.41, 5.74) is 3.09. The van der Waals surface area contributed by atoms with E-state index in [1.54, 1.807) is 24.5 Å². The SMILES string of the molecule is O=C(NC(c1ccccc1)C1CC(O)C1)c1ccc2nccnc2c1. The molecule has 1 amide bonds. The molecule has 1 atom stereocenters. The number of rotatable bonds is 4. The highest BCUT2D eigenvalue weighted by Crippen LogP contribution is 2.38. The van der Waals surface area contributed by atoms with Crippen LogP contribution in [-0.4, -0.2) is 27.1 Å². The first-order chi connectivity index (χ1) is 12.2. The number of aliphatic hydroxyl groups excluding tert-OH is 1. The van der Waals surface area contributed by atoms with Crippen molar-refractivity contribution >= 4 is 16.9 Å². The second-order valence-electron chi connectivity index (χ2n) is 6.51. The van der Waals surface area contributed by atoms with Crippen LogP contribution in [0.1, 0.15) is 34.8 Å². The van der Waals surface area contributed by atoms with Crippen molar-refractivity contribution < 1.29 is 9.90 Å². The maximum absolute atomic E-state index is 12.8. The lowest BCUT2D eigenvalue weighted by Crippen LogP contribution is -2.41. The molecule has 2 aromatic carbocycles. The van der Waals surface area contributed by atoms with Crippen LogP contribution in [-0.2, 0) is 0 Å². The summed E-state index contributed by atoms with van der Waals surface area (Å²) in [5.74, 6) is 0.115. The van der Waals surface area contributed by atoms with Crippen LogP contribution in [0.2, 0.25) is 0 Å². The molecule has 5 nitrogen and oxygen atoms in total. The number of benzene rings is 2. The lowest BCUT2D eigenvalue weighted by molar-refractivity contribution is 0.0235. The van der Waals surface area contributed by atoms with Crippen molar-refractivity contribution in [2.24, 2.45) is 5.92 Å². The molecule has 0 radical (unpaired) electrons. The maximum atomic E-state index is 12.8. The first kappa shape index (κ1) is 15.7. The molecular formula is C20H19N3O2. The standard InChI is InChI=1S/C20H19N3O2/c24-16-10-15(11-16)19(13-4-2-1-3-5-13)23-20(25)14-6-7-17-18(12-14)22-9-8-21-17/h1-9,12,15-16,19,24H,10-11H2,(H,23,25). The van der Waals surface area contributed by atoms with Gasteiger partial charge in [0.2, 0.25) is 0 Å². The van der Waals surface area contributed by atoms with Crippen LogP contribution in [0.4, 0.5) is 0 Å². The van der Waals surface area contributed by atoms with Crippen LogP contribution < -0.4 is 5.32 Å². The predicted molar refractivity (Wildman–Crippen MR) is 94.9 cm³/mol. The molecule has 1 aromatic heterocycles. The predicted octanol–water partition coefficient (Wildman–Crippen LogP) is 2.87. The summed E-state index contributed by atoms with van der Waals surface area (Å²) in [6, 6.07) is 15.2. The average Bonchev–Trinajstić information content (AvgIpc) is 2.64. The minimum absolute atomic E-state index is 0.102. The minimum Gasteiger partial charge on any atom is -0.393 e. The van der Waals surface area contributed by atoms with Crippen molar-refractivity contribution in [1.82, 2.24) is 15.3 Å². The fourth-order valence-electron chi connectivity index (χ4n) is 3.36. The van der Waals surface area contributed by atoms with Crippen LogP contribution in [0.25, 0.3) is 11.0 Å². The first-order valence-electron chi connectivity index (χ1n) is 8.45. The Hall–Kier alpha value is -2.79. The number of amides is 1. The summed E-state index contributed by atoms with van der Waals surface area (Å²) in [4.78, 5) is 21.3. The van der Waals surface area contributed by atoms with Crippen molar-refractivity contribution in [3.05, 3.63) is 72.1 Å². The number of hydrogen-bond donors (Lipinski definition) is 2. The molecule has 4 rings (SSSR count). The zero-order chi connectivity index (χ0) is 17.2. The van der Waals surface area contributed by atoms with Gasteiger partial charge in [0, 0.05) is 18.0 Å². The van der Waals surface area contributed by atoms with Gasteiger partial charge in [0.15, 0.2) is 0 Å². The van der Waals surface area contributed by atoms with E-state index in [1.807, 2.05) is 36.4 Å². The van der Waals surface area contributed by atoms with Gasteiger partial charge in [0.25, 0.3) is 5.91 Å². The van der Waals surface area contributed by atoms with Gasteiger partial charge in [-0.2, -0.15) is 0 Å². The lowest BCUT2D eigenvalue weighted by Gasteiger charge is -2.38. The number of fused-ring (bicyclic) bond motifs is 1. The maximum Gasteiger partial charge on any atom is 0.251 e. The third kappa shape index (κ3) is 3.23. The van der Waals surface area contributed by atoms with Gasteiger partial charge in [-0.05, 0) is 42.5 Å². The van der Waals surface area contributed by atoms with E-state index in [0.29, 0.717) is 23.9 Å². The average molecular weight is 333 g/mol. The fourth-order valence-corrected chi connectivity index (χ4v) is 3.36. The van der Waals surface area contributed by atoms with Crippen LogP contribution in [0.15, 0.2) is 60.9 Å². The molecule has 1 unspecified atom stereocenters. The molecule has 3 aromatic rings. The number of aromatic nitrogens is 2. The number of carbonyl (C=O) groups is 1.